The second-order valence-corrected chi connectivity index (χ2v) is 13.2. The lowest BCUT2D eigenvalue weighted by molar-refractivity contribution is -0.121. The summed E-state index contributed by atoms with van der Waals surface area (Å²) < 4.78 is 9.85. The first-order chi connectivity index (χ1) is 27.1. The Hall–Kier alpha value is -6.87. The minimum atomic E-state index is -1.05. The second-order valence-electron chi connectivity index (χ2n) is 13.2. The van der Waals surface area contributed by atoms with Crippen LogP contribution in [0, 0.1) is 0 Å². The lowest BCUT2D eigenvalue weighted by Crippen LogP contribution is -2.52. The van der Waals surface area contributed by atoms with E-state index in [4.69, 9.17) is 9.72 Å². The molecule has 288 valence electrons. The van der Waals surface area contributed by atoms with E-state index in [1.54, 1.807) is 61.1 Å². The molecule has 0 saturated heterocycles. The fourth-order valence-electron chi connectivity index (χ4n) is 6.27. The fraction of sp³-hybridized carbons (Fsp3) is 0.244. The Morgan fingerprint density at radius 1 is 0.804 bits per heavy atom. The number of hydrogen-bond donors (Lipinski definition) is 6. The summed E-state index contributed by atoms with van der Waals surface area (Å²) in [4.78, 5) is 69.6. The molecule has 0 bridgehead atoms. The normalized spacial score (nSPS) is 15.8. The molecule has 2 aromatic carbocycles. The van der Waals surface area contributed by atoms with Crippen LogP contribution in [-0.4, -0.2) is 75.1 Å². The number of rotatable bonds is 14. The van der Waals surface area contributed by atoms with Crippen molar-refractivity contribution in [3.05, 3.63) is 121 Å². The van der Waals surface area contributed by atoms with E-state index in [2.05, 4.69) is 45.9 Å². The van der Waals surface area contributed by atoms with Gasteiger partial charge < -0.3 is 30.1 Å². The first-order valence-electron chi connectivity index (χ1n) is 18.0. The Balaban J connectivity index is 1.05. The van der Waals surface area contributed by atoms with Gasteiger partial charge in [0.1, 0.15) is 17.2 Å². The maximum atomic E-state index is 13.0. The number of nitrogens with zero attached hydrogens (tertiary/aromatic N) is 3. The molecule has 6 rings (SSSR count). The van der Waals surface area contributed by atoms with Crippen molar-refractivity contribution in [2.45, 2.75) is 44.3 Å². The first kappa shape index (κ1) is 38.8. The average Bonchev–Trinajstić information content (AvgIpc) is 3.92. The van der Waals surface area contributed by atoms with Crippen LogP contribution >= 0.6 is 0 Å². The largest absolute Gasteiger partial charge is 0.453 e. The maximum Gasteiger partial charge on any atom is 0.411 e. The zero-order valence-corrected chi connectivity index (χ0v) is 31.4. The third-order valence-corrected chi connectivity index (χ3v) is 9.33. The van der Waals surface area contributed by atoms with Gasteiger partial charge in [-0.25, -0.2) is 19.6 Å². The molecule has 0 fully saturated rings. The van der Waals surface area contributed by atoms with Gasteiger partial charge in [0.25, 0.3) is 0 Å². The number of carbonyl (C=O) groups excluding carboxylic acids is 4. The van der Waals surface area contributed by atoms with Gasteiger partial charge in [-0.1, -0.05) is 60.7 Å². The highest BCUT2D eigenvalue weighted by molar-refractivity contribution is 6.01. The van der Waals surface area contributed by atoms with E-state index in [1.807, 2.05) is 50.2 Å². The van der Waals surface area contributed by atoms with Crippen molar-refractivity contribution in [2.24, 2.45) is 0 Å². The quantitative estimate of drug-likeness (QED) is 0.0784. The number of hydrogen-bond acceptors (Lipinski definition) is 10. The van der Waals surface area contributed by atoms with Crippen molar-refractivity contribution < 1.29 is 28.7 Å². The molecule has 0 spiro atoms. The minimum Gasteiger partial charge on any atom is -0.453 e. The van der Waals surface area contributed by atoms with Crippen LogP contribution in [0.25, 0.3) is 33.8 Å². The summed E-state index contributed by atoms with van der Waals surface area (Å²) in [6, 6.07) is 18.1. The Bertz CT molecular complexity index is 2240. The Labute approximate surface area is 323 Å². The Morgan fingerprint density at radius 3 is 2.16 bits per heavy atom. The number of ketones is 1. The van der Waals surface area contributed by atoms with Gasteiger partial charge in [-0.05, 0) is 49.2 Å². The molecule has 0 saturated carbocycles. The molecule has 15 nitrogen and oxygen atoms in total. The molecule has 3 aromatic heterocycles. The van der Waals surface area contributed by atoms with Gasteiger partial charge in [0.2, 0.25) is 5.91 Å². The van der Waals surface area contributed by atoms with Gasteiger partial charge >= 0.3 is 12.2 Å². The van der Waals surface area contributed by atoms with Gasteiger partial charge in [-0.15, -0.1) is 0 Å². The highest BCUT2D eigenvalue weighted by atomic mass is 16.5. The monoisotopic (exact) mass is 757 g/mol. The molecular weight excluding hydrogens is 715 g/mol. The van der Waals surface area contributed by atoms with Crippen LogP contribution in [0.1, 0.15) is 49.6 Å². The lowest BCUT2D eigenvalue weighted by Gasteiger charge is -2.33. The zero-order valence-electron chi connectivity index (χ0n) is 31.4. The van der Waals surface area contributed by atoms with Crippen molar-refractivity contribution in [1.82, 2.24) is 40.9 Å². The van der Waals surface area contributed by atoms with Crippen molar-refractivity contribution in [2.75, 3.05) is 26.1 Å². The summed E-state index contributed by atoms with van der Waals surface area (Å²) >= 11 is 0. The van der Waals surface area contributed by atoms with E-state index < -0.39 is 23.8 Å². The molecule has 0 aliphatic heterocycles. The molecule has 1 aliphatic rings. The molecule has 6 N–H and O–H groups in total. The zero-order chi connectivity index (χ0) is 39.7. The third kappa shape index (κ3) is 9.25. The van der Waals surface area contributed by atoms with Crippen molar-refractivity contribution in [3.8, 4) is 33.8 Å². The average molecular weight is 758 g/mol. The summed E-state index contributed by atoms with van der Waals surface area (Å²) in [5.74, 6) is 0.878. The summed E-state index contributed by atoms with van der Waals surface area (Å²) in [7, 11) is 2.76. The van der Waals surface area contributed by atoms with Crippen LogP contribution in [0.2, 0.25) is 0 Å². The van der Waals surface area contributed by atoms with Gasteiger partial charge in [-0.3, -0.25) is 25.2 Å². The van der Waals surface area contributed by atoms with Gasteiger partial charge in [0.15, 0.2) is 5.78 Å². The number of imidazole rings is 2. The van der Waals surface area contributed by atoms with Gasteiger partial charge in [0, 0.05) is 36.5 Å². The number of para-hydroxylation sites is 1. The number of ether oxygens (including phenoxy) is 2. The number of aromatic amines is 2. The summed E-state index contributed by atoms with van der Waals surface area (Å²) in [5, 5.41) is 11.4. The maximum absolute atomic E-state index is 13.0. The van der Waals surface area contributed by atoms with E-state index in [1.165, 1.54) is 20.2 Å². The van der Waals surface area contributed by atoms with E-state index in [0.717, 1.165) is 33.8 Å². The molecule has 0 radical (unpaired) electrons. The second kappa shape index (κ2) is 17.5. The molecule has 3 heterocycles. The molecule has 3 amide bonds. The van der Waals surface area contributed by atoms with E-state index >= 15 is 0 Å². The topological polar surface area (TPSA) is 205 Å². The van der Waals surface area contributed by atoms with E-state index in [9.17, 15) is 19.2 Å². The Kier molecular flexibility index (Phi) is 12.1. The number of aromatic nitrogens is 5. The molecule has 0 unspecified atom stereocenters. The highest BCUT2D eigenvalue weighted by Gasteiger charge is 2.37. The SMILES string of the molecule is CNC(=O)OCC[C@@]1(N[C@@H](C)c2ncc(-c3ccc(-c4ccc(-c5cnc([C@H](C)NC(=O)Cc6ccccc6NC(=O)OC)[nH]5)cc4)nc3)[nH]2)C=CC=CC1=O. The van der Waals surface area contributed by atoms with Crippen LogP contribution in [0.15, 0.2) is 104 Å². The molecule has 3 atom stereocenters. The van der Waals surface area contributed by atoms with Crippen LogP contribution in [0.3, 0.4) is 0 Å². The van der Waals surface area contributed by atoms with E-state index in [-0.39, 0.29) is 37.2 Å². The molecular formula is C41H43N9O6. The first-order valence-corrected chi connectivity index (χ1v) is 18.0. The molecule has 1 aliphatic carbocycles. The predicted molar refractivity (Wildman–Crippen MR) is 210 cm³/mol. The van der Waals surface area contributed by atoms with Crippen LogP contribution in [-0.2, 0) is 25.5 Å². The summed E-state index contributed by atoms with van der Waals surface area (Å²) in [6.07, 6.45) is 11.2. The number of anilines is 1. The van der Waals surface area contributed by atoms with Crippen LogP contribution < -0.4 is 21.3 Å². The standard InChI is InChI=1S/C41H43N9O6/c1-25(46-36(52)21-29-9-5-6-10-32(29)49-40(54)55-4)37-44-23-33(47-37)28-14-12-27(13-15-28)31-17-16-30(22-43-31)34-24-45-38(48-34)26(2)50-41(18-8-7-11-35(41)51)19-20-56-39(53)42-3/h5-18,22-26,50H,19-21H2,1-4H3,(H,42,53)(H,44,47)(H,45,48)(H,46,52)(H,49,54)/t25-,26-,41-/m0/s1. The number of methoxy groups -OCH3 is 1. The number of nitrogens with one attached hydrogen (secondary N) is 6. The molecule has 56 heavy (non-hydrogen) atoms. The van der Waals surface area contributed by atoms with Gasteiger partial charge in [-0.2, -0.15) is 0 Å². The third-order valence-electron chi connectivity index (χ3n) is 9.33. The minimum absolute atomic E-state index is 0.0518. The Morgan fingerprint density at radius 2 is 1.48 bits per heavy atom. The van der Waals surface area contributed by atoms with Crippen molar-refractivity contribution in [1.29, 1.82) is 0 Å². The number of benzene rings is 2. The number of carbonyl (C=O) groups is 4. The molecule has 5 aromatic rings. The smallest absolute Gasteiger partial charge is 0.411 e. The number of alkyl carbamates (subject to hydrolysis) is 1. The van der Waals surface area contributed by atoms with Crippen LogP contribution in [0.5, 0.6) is 0 Å². The lowest BCUT2D eigenvalue weighted by atomic mass is 9.86. The van der Waals surface area contributed by atoms with E-state index in [0.29, 0.717) is 22.9 Å². The number of pyridine rings is 1. The summed E-state index contributed by atoms with van der Waals surface area (Å²) in [6.45, 7) is 3.81. The van der Waals surface area contributed by atoms with Gasteiger partial charge in [0.05, 0.1) is 61.7 Å². The number of amides is 3. The predicted octanol–water partition coefficient (Wildman–Crippen LogP) is 5.96. The van der Waals surface area contributed by atoms with Crippen LogP contribution in [0.4, 0.5) is 15.3 Å². The number of allylic oxidation sites excluding steroid dienone is 2. The summed E-state index contributed by atoms with van der Waals surface area (Å²) in [5.41, 5.74) is 5.15. The van der Waals surface area contributed by atoms with Crippen molar-refractivity contribution in [3.63, 3.8) is 0 Å². The molecule has 15 heteroatoms. The fourth-order valence-corrected chi connectivity index (χ4v) is 6.27. The van der Waals surface area contributed by atoms with Crippen molar-refractivity contribution >= 4 is 29.6 Å². The highest BCUT2D eigenvalue weighted by Crippen LogP contribution is 2.28. The number of H-pyrrole nitrogens is 2.